The molecule has 0 aromatic carbocycles. The molecule has 18 heteroatoms. The molecule has 0 rings (SSSR count). The van der Waals surface area contributed by atoms with Crippen LogP contribution in [0.15, 0.2) is 0 Å². The third-order valence-corrected chi connectivity index (χ3v) is 0. The average molecular weight is 380 g/mol. The van der Waals surface area contributed by atoms with Crippen LogP contribution in [-0.4, -0.2) is 118 Å². The molecule has 0 aliphatic rings. The van der Waals surface area contributed by atoms with Gasteiger partial charge < -0.3 is 71.3 Å². The van der Waals surface area contributed by atoms with Crippen molar-refractivity contribution < 1.29 is 71.3 Å². The largest absolute Gasteiger partial charge is 2.00 e. The van der Waals surface area contributed by atoms with Crippen LogP contribution in [0.5, 0.6) is 0 Å². The van der Waals surface area contributed by atoms with E-state index in [1.165, 1.54) is 0 Å². The summed E-state index contributed by atoms with van der Waals surface area (Å²) in [5.74, 6) is 0. The molecule has 0 fully saturated rings. The Morgan fingerprint density at radius 1 is 0.556 bits per heavy atom. The van der Waals surface area contributed by atoms with Gasteiger partial charge >= 0.3 is 75.5 Å². The van der Waals surface area contributed by atoms with Crippen molar-refractivity contribution >= 4 is 91.1 Å². The molecule has 0 spiro atoms. The van der Waals surface area contributed by atoms with Gasteiger partial charge in [-0.3, -0.25) is 0 Å². The summed E-state index contributed by atoms with van der Waals surface area (Å²) < 4.78 is 17.3. The van der Waals surface area contributed by atoms with E-state index in [0.717, 1.165) is 0 Å². The van der Waals surface area contributed by atoms with Gasteiger partial charge in [0.25, 0.3) is 0 Å². The van der Waals surface area contributed by atoms with E-state index in [1.807, 2.05) is 0 Å². The maximum absolute atomic E-state index is 8.66. The van der Waals surface area contributed by atoms with Gasteiger partial charge in [-0.2, -0.15) is 0 Å². The monoisotopic (exact) mass is 380 g/mol. The molecule has 0 radical (unpaired) electrons. The van der Waals surface area contributed by atoms with Crippen LogP contribution in [0.25, 0.3) is 0 Å². The van der Waals surface area contributed by atoms with Crippen molar-refractivity contribution in [3.8, 4) is 0 Å². The molecule has 0 saturated carbocycles. The number of phosphoric acid groups is 2. The zero-order valence-electron chi connectivity index (χ0n) is 8.65. The second kappa shape index (κ2) is 31.7. The zero-order chi connectivity index (χ0) is 9.00. The summed E-state index contributed by atoms with van der Waals surface area (Å²) >= 11 is 0. The molecular weight excluding hydrogens is 366 g/mol. The first-order chi connectivity index (χ1) is 4.00. The first-order valence-corrected chi connectivity index (χ1v) is 4.49. The summed E-state index contributed by atoms with van der Waals surface area (Å²) in [5, 5.41) is 0. The van der Waals surface area contributed by atoms with Crippen molar-refractivity contribution in [1.29, 1.82) is 0 Å². The van der Waals surface area contributed by atoms with Crippen molar-refractivity contribution in [1.82, 2.24) is 0 Å². The predicted octanol–water partition coefficient (Wildman–Crippen LogP) is -10.1. The van der Waals surface area contributed by atoms with E-state index >= 15 is 0 Å². The van der Waals surface area contributed by atoms with Crippen LogP contribution in [0.3, 0.4) is 0 Å². The molecule has 14 N–H and O–H groups in total. The molecule has 0 aromatic heterocycles. The van der Waals surface area contributed by atoms with E-state index in [0.29, 0.717) is 0 Å². The van der Waals surface area contributed by atoms with E-state index in [9.17, 15) is 0 Å². The predicted molar refractivity (Wildman–Crippen MR) is 52.8 cm³/mol. The van der Waals surface area contributed by atoms with E-state index in [-0.39, 0.29) is 108 Å². The van der Waals surface area contributed by atoms with E-state index in [1.54, 1.807) is 0 Å². The van der Waals surface area contributed by atoms with Gasteiger partial charge in [0, 0.05) is 0 Å². The second-order valence-corrected chi connectivity index (χ2v) is 2.81. The van der Waals surface area contributed by atoms with Crippen molar-refractivity contribution in [2.24, 2.45) is 0 Å². The van der Waals surface area contributed by atoms with Gasteiger partial charge in [0.1, 0.15) is 0 Å². The third-order valence-electron chi connectivity index (χ3n) is 0. The summed E-state index contributed by atoms with van der Waals surface area (Å²) in [6, 6.07) is 0. The Labute approximate surface area is 160 Å². The molecule has 0 amide bonds. The quantitative estimate of drug-likeness (QED) is 0.299. The van der Waals surface area contributed by atoms with E-state index in [2.05, 4.69) is 0 Å². The maximum Gasteiger partial charge on any atom is 2.00 e. The number of hydrogen-bond acceptors (Lipinski definition) is 6. The Kier molecular flexibility index (Phi) is 125. The van der Waals surface area contributed by atoms with Crippen LogP contribution in [-0.2, 0) is 9.13 Å². The average Bonchev–Trinajstić information content (AvgIpc) is 1.12. The molecule has 0 saturated heterocycles. The molecule has 0 bridgehead atoms. The molecule has 0 atom stereocenters. The summed E-state index contributed by atoms with van der Waals surface area (Å²) in [7, 11) is -10.3. The Balaban J connectivity index is -0.00000000615. The normalized spacial score (nSPS) is 6.56. The summed E-state index contributed by atoms with van der Waals surface area (Å²) in [6.07, 6.45) is 0. The van der Waals surface area contributed by atoms with Crippen molar-refractivity contribution in [3.05, 3.63) is 0 Å². The van der Waals surface area contributed by atoms with Gasteiger partial charge in [0.05, 0.1) is 15.6 Å². The molecular formula is H14Ca2O14P2. The van der Waals surface area contributed by atoms with Crippen LogP contribution in [0.2, 0.25) is 0 Å². The molecule has 0 heterocycles. The number of hydrogen-bond donors (Lipinski definition) is 2. The first-order valence-electron chi connectivity index (χ1n) is 1.50. The van der Waals surface area contributed by atoms with Gasteiger partial charge in [-0.15, -0.1) is 0 Å². The van der Waals surface area contributed by atoms with Crippen LogP contribution >= 0.6 is 15.6 Å². The van der Waals surface area contributed by atoms with Crippen molar-refractivity contribution in [2.45, 2.75) is 0 Å². The van der Waals surface area contributed by atoms with Crippen LogP contribution < -0.4 is 19.6 Å². The smallest absolute Gasteiger partial charge is 0.790 e. The molecule has 0 aromatic rings. The summed E-state index contributed by atoms with van der Waals surface area (Å²) in [5.41, 5.74) is 0. The van der Waals surface area contributed by atoms with Gasteiger partial charge in [-0.1, -0.05) is 0 Å². The molecule has 112 valence electrons. The minimum Gasteiger partial charge on any atom is -0.790 e. The Morgan fingerprint density at radius 3 is 0.556 bits per heavy atom. The molecule has 0 aliphatic heterocycles. The first kappa shape index (κ1) is 70.7. The maximum atomic E-state index is 8.66. The number of rotatable bonds is 0. The molecule has 0 aliphatic carbocycles. The SMILES string of the molecule is O.O.O.O.O.O.O=P([O-])([O-])O.O=P([O-])([O-])O.[Ca+2].[Ca+2]. The fraction of sp³-hybridized carbons (Fsp3) is 0. The van der Waals surface area contributed by atoms with Gasteiger partial charge in [0.15, 0.2) is 0 Å². The fourth-order valence-electron chi connectivity index (χ4n) is 0. The fourth-order valence-corrected chi connectivity index (χ4v) is 0. The topological polar surface area (TPSA) is 356 Å². The minimum atomic E-state index is -5.14. The summed E-state index contributed by atoms with van der Waals surface area (Å²) in [4.78, 5) is 48.6. The third kappa shape index (κ3) is 907. The minimum absolute atomic E-state index is 0. The van der Waals surface area contributed by atoms with Crippen LogP contribution in [0.4, 0.5) is 0 Å². The zero-order valence-corrected chi connectivity index (χ0v) is 14.9. The van der Waals surface area contributed by atoms with Gasteiger partial charge in [-0.25, -0.2) is 0 Å². The Hall–Kier alpha value is 2.50. The van der Waals surface area contributed by atoms with Crippen molar-refractivity contribution in [2.75, 3.05) is 0 Å². The standard InChI is InChI=1S/2Ca.2H3O4P.6H2O/c;;2*1-5(2,3)4;;;;;;/h;;2*(H3,1,2,3,4);6*1H2/q2*+2;;;;;;;;/p-4. The van der Waals surface area contributed by atoms with E-state index in [4.69, 9.17) is 38.5 Å². The Bertz CT molecular complexity index is 130. The van der Waals surface area contributed by atoms with Crippen LogP contribution in [0.1, 0.15) is 0 Å². The van der Waals surface area contributed by atoms with Crippen LogP contribution in [0, 0.1) is 0 Å². The molecule has 18 heavy (non-hydrogen) atoms. The molecule has 0 unspecified atom stereocenters. The van der Waals surface area contributed by atoms with Gasteiger partial charge in [-0.05, 0) is 0 Å². The Morgan fingerprint density at radius 2 is 0.556 bits per heavy atom. The molecule has 14 nitrogen and oxygen atoms in total. The summed E-state index contributed by atoms with van der Waals surface area (Å²) in [6.45, 7) is 0. The van der Waals surface area contributed by atoms with Gasteiger partial charge in [0.2, 0.25) is 0 Å². The van der Waals surface area contributed by atoms with E-state index < -0.39 is 15.6 Å². The second-order valence-electron chi connectivity index (χ2n) is 0.937. The van der Waals surface area contributed by atoms with Crippen molar-refractivity contribution in [3.63, 3.8) is 0 Å².